The standard InChI is InChI=1S/C23H27Cl2N3O6/c1-5-14(2)26-23(30)15(3)27(12-16-6-7-17(24)10-19(16)25)22(29)13-34-18-8-9-20(28(31)32)21(11-18)33-4/h6-11,14-15H,5,12-13H2,1-4H3,(H,26,30)/t14-,15-/m1/s1. The fourth-order valence-corrected chi connectivity index (χ4v) is 3.48. The molecule has 0 bridgehead atoms. The number of ether oxygens (including phenoxy) is 2. The minimum Gasteiger partial charge on any atom is -0.490 e. The first-order valence-corrected chi connectivity index (χ1v) is 11.3. The first-order chi connectivity index (χ1) is 16.1. The highest BCUT2D eigenvalue weighted by Crippen LogP contribution is 2.31. The molecule has 0 aromatic heterocycles. The molecule has 0 radical (unpaired) electrons. The molecule has 1 N–H and O–H groups in total. The number of carbonyl (C=O) groups is 2. The van der Waals surface area contributed by atoms with Gasteiger partial charge in [-0.05, 0) is 44.0 Å². The molecule has 0 aliphatic heterocycles. The van der Waals surface area contributed by atoms with Crippen LogP contribution in [0.25, 0.3) is 0 Å². The number of carbonyl (C=O) groups excluding carboxylic acids is 2. The fourth-order valence-electron chi connectivity index (χ4n) is 3.01. The molecule has 184 valence electrons. The summed E-state index contributed by atoms with van der Waals surface area (Å²) in [6, 6.07) is 7.94. The van der Waals surface area contributed by atoms with E-state index in [9.17, 15) is 19.7 Å². The Morgan fingerprint density at radius 3 is 2.47 bits per heavy atom. The van der Waals surface area contributed by atoms with Crippen LogP contribution in [0.4, 0.5) is 5.69 Å². The Morgan fingerprint density at radius 1 is 1.18 bits per heavy atom. The summed E-state index contributed by atoms with van der Waals surface area (Å²) in [7, 11) is 1.30. The van der Waals surface area contributed by atoms with Gasteiger partial charge in [-0.25, -0.2) is 0 Å². The third-order valence-electron chi connectivity index (χ3n) is 5.23. The van der Waals surface area contributed by atoms with Crippen LogP contribution in [-0.4, -0.2) is 47.4 Å². The van der Waals surface area contributed by atoms with Gasteiger partial charge in [0.1, 0.15) is 11.8 Å². The molecule has 0 saturated heterocycles. The summed E-state index contributed by atoms with van der Waals surface area (Å²) < 4.78 is 10.6. The van der Waals surface area contributed by atoms with Crippen molar-refractivity contribution in [3.63, 3.8) is 0 Å². The number of methoxy groups -OCH3 is 1. The third-order valence-corrected chi connectivity index (χ3v) is 5.82. The van der Waals surface area contributed by atoms with Gasteiger partial charge in [-0.3, -0.25) is 19.7 Å². The number of nitrogens with zero attached hydrogens (tertiary/aromatic N) is 2. The third kappa shape index (κ3) is 7.23. The highest BCUT2D eigenvalue weighted by Gasteiger charge is 2.28. The maximum atomic E-state index is 13.1. The van der Waals surface area contributed by atoms with Gasteiger partial charge in [0.25, 0.3) is 5.91 Å². The van der Waals surface area contributed by atoms with Crippen LogP contribution in [0.1, 0.15) is 32.8 Å². The Balaban J connectivity index is 2.24. The zero-order valence-corrected chi connectivity index (χ0v) is 20.9. The Kier molecular flexibility index (Phi) is 9.95. The highest BCUT2D eigenvalue weighted by molar-refractivity contribution is 6.35. The molecule has 2 aromatic carbocycles. The van der Waals surface area contributed by atoms with Crippen molar-refractivity contribution in [2.24, 2.45) is 0 Å². The van der Waals surface area contributed by atoms with Crippen LogP contribution in [0.5, 0.6) is 11.5 Å². The maximum Gasteiger partial charge on any atom is 0.311 e. The predicted octanol–water partition coefficient (Wildman–Crippen LogP) is 4.62. The molecule has 2 aromatic rings. The SMILES string of the molecule is CC[C@@H](C)NC(=O)[C@@H](C)N(Cc1ccc(Cl)cc1Cl)C(=O)COc1ccc([N+](=O)[O-])c(OC)c1. The van der Waals surface area contributed by atoms with Gasteiger partial charge in [-0.2, -0.15) is 0 Å². The average Bonchev–Trinajstić information content (AvgIpc) is 2.81. The van der Waals surface area contributed by atoms with Crippen molar-refractivity contribution in [3.05, 3.63) is 62.1 Å². The van der Waals surface area contributed by atoms with Gasteiger partial charge in [0.2, 0.25) is 11.7 Å². The van der Waals surface area contributed by atoms with Crippen molar-refractivity contribution in [1.82, 2.24) is 10.2 Å². The van der Waals surface area contributed by atoms with Crippen molar-refractivity contribution >= 4 is 40.7 Å². The van der Waals surface area contributed by atoms with E-state index in [0.29, 0.717) is 15.6 Å². The van der Waals surface area contributed by atoms with Gasteiger partial charge in [-0.15, -0.1) is 0 Å². The van der Waals surface area contributed by atoms with Crippen molar-refractivity contribution in [3.8, 4) is 11.5 Å². The Hall–Kier alpha value is -3.04. The van der Waals surface area contributed by atoms with Gasteiger partial charge < -0.3 is 19.7 Å². The summed E-state index contributed by atoms with van der Waals surface area (Å²) >= 11 is 12.3. The molecule has 11 heteroatoms. The van der Waals surface area contributed by atoms with Crippen molar-refractivity contribution < 1.29 is 24.0 Å². The van der Waals surface area contributed by atoms with E-state index in [1.165, 1.54) is 30.2 Å². The average molecular weight is 512 g/mol. The highest BCUT2D eigenvalue weighted by atomic mass is 35.5. The van der Waals surface area contributed by atoms with Crippen molar-refractivity contribution in [1.29, 1.82) is 0 Å². The normalized spacial score (nSPS) is 12.4. The summed E-state index contributed by atoms with van der Waals surface area (Å²) in [5.74, 6) is -0.585. The topological polar surface area (TPSA) is 111 Å². The lowest BCUT2D eigenvalue weighted by Crippen LogP contribution is -2.50. The number of rotatable bonds is 11. The molecule has 2 rings (SSSR count). The van der Waals surface area contributed by atoms with Crippen LogP contribution in [-0.2, 0) is 16.1 Å². The molecule has 0 spiro atoms. The number of nitro groups is 1. The van der Waals surface area contributed by atoms with Gasteiger partial charge in [0, 0.05) is 34.8 Å². The number of amides is 2. The van der Waals surface area contributed by atoms with Crippen molar-refractivity contribution in [2.45, 2.75) is 45.8 Å². The summed E-state index contributed by atoms with van der Waals surface area (Å²) in [4.78, 5) is 37.8. The number of hydrogen-bond donors (Lipinski definition) is 1. The summed E-state index contributed by atoms with van der Waals surface area (Å²) in [5, 5.41) is 14.8. The Labute approximate surface area is 208 Å². The summed E-state index contributed by atoms with van der Waals surface area (Å²) in [6.07, 6.45) is 0.737. The van der Waals surface area contributed by atoms with E-state index in [-0.39, 0.29) is 35.7 Å². The minimum atomic E-state index is -0.816. The lowest BCUT2D eigenvalue weighted by atomic mass is 10.1. The molecule has 9 nitrogen and oxygen atoms in total. The second-order valence-electron chi connectivity index (χ2n) is 7.63. The van der Waals surface area contributed by atoms with E-state index in [1.807, 2.05) is 13.8 Å². The van der Waals surface area contributed by atoms with Crippen LogP contribution in [0.3, 0.4) is 0 Å². The van der Waals surface area contributed by atoms with E-state index in [0.717, 1.165) is 6.42 Å². The van der Waals surface area contributed by atoms with Gasteiger partial charge >= 0.3 is 5.69 Å². The van der Waals surface area contributed by atoms with Gasteiger partial charge in [0.15, 0.2) is 6.61 Å². The number of nitro benzene ring substituents is 1. The smallest absolute Gasteiger partial charge is 0.311 e. The fraction of sp³-hybridized carbons (Fsp3) is 0.391. The van der Waals surface area contributed by atoms with Crippen LogP contribution in [0, 0.1) is 10.1 Å². The molecule has 2 atom stereocenters. The summed E-state index contributed by atoms with van der Waals surface area (Å²) in [6.45, 7) is 5.08. The molecular formula is C23H27Cl2N3O6. The first kappa shape index (κ1) is 27.2. The monoisotopic (exact) mass is 511 g/mol. The zero-order chi connectivity index (χ0) is 25.4. The number of hydrogen-bond acceptors (Lipinski definition) is 6. The van der Waals surface area contributed by atoms with Gasteiger partial charge in [-0.1, -0.05) is 36.2 Å². The van der Waals surface area contributed by atoms with E-state index >= 15 is 0 Å². The molecular weight excluding hydrogens is 485 g/mol. The van der Waals surface area contributed by atoms with Crippen LogP contribution >= 0.6 is 23.2 Å². The van der Waals surface area contributed by atoms with E-state index in [1.54, 1.807) is 25.1 Å². The molecule has 0 fully saturated rings. The number of halogens is 2. The van der Waals surface area contributed by atoms with Crippen LogP contribution < -0.4 is 14.8 Å². The summed E-state index contributed by atoms with van der Waals surface area (Å²) in [5.41, 5.74) is 0.384. The lowest BCUT2D eigenvalue weighted by Gasteiger charge is -2.30. The molecule has 0 aliphatic rings. The molecule has 34 heavy (non-hydrogen) atoms. The van der Waals surface area contributed by atoms with E-state index < -0.39 is 23.5 Å². The predicted molar refractivity (Wildman–Crippen MR) is 130 cm³/mol. The molecule has 2 amide bonds. The van der Waals surface area contributed by atoms with E-state index in [2.05, 4.69) is 5.32 Å². The Bertz CT molecular complexity index is 1050. The van der Waals surface area contributed by atoms with Crippen LogP contribution in [0.2, 0.25) is 10.0 Å². The quantitative estimate of drug-likeness (QED) is 0.348. The van der Waals surface area contributed by atoms with Gasteiger partial charge in [0.05, 0.1) is 12.0 Å². The van der Waals surface area contributed by atoms with E-state index in [4.69, 9.17) is 32.7 Å². The lowest BCUT2D eigenvalue weighted by molar-refractivity contribution is -0.385. The molecule has 0 heterocycles. The van der Waals surface area contributed by atoms with Crippen molar-refractivity contribution in [2.75, 3.05) is 13.7 Å². The number of nitrogens with one attached hydrogen (secondary N) is 1. The zero-order valence-electron chi connectivity index (χ0n) is 19.3. The maximum absolute atomic E-state index is 13.1. The number of benzene rings is 2. The molecule has 0 aliphatic carbocycles. The molecule has 0 saturated carbocycles. The van der Waals surface area contributed by atoms with Crippen LogP contribution in [0.15, 0.2) is 36.4 Å². The second kappa shape index (κ2) is 12.4. The second-order valence-corrected chi connectivity index (χ2v) is 8.47. The Morgan fingerprint density at radius 2 is 1.88 bits per heavy atom. The molecule has 0 unspecified atom stereocenters. The minimum absolute atomic E-state index is 0.000972. The largest absolute Gasteiger partial charge is 0.490 e. The first-order valence-electron chi connectivity index (χ1n) is 10.6.